The number of ether oxygens (including phenoxy) is 1. The molecular weight excluding hydrogens is 272 g/mol. The number of hydrogen-bond donors (Lipinski definition) is 0. The van der Waals surface area contributed by atoms with E-state index >= 15 is 0 Å². The second kappa shape index (κ2) is 8.97. The summed E-state index contributed by atoms with van der Waals surface area (Å²) in [5, 5.41) is 0. The number of carbonyl (C=O) groups is 1. The van der Waals surface area contributed by atoms with Crippen LogP contribution in [-0.4, -0.2) is 12.6 Å². The Morgan fingerprint density at radius 1 is 1.00 bits per heavy atom. The molecule has 0 aromatic heterocycles. The first kappa shape index (κ1) is 17.1. The normalized spacial score (nSPS) is 21.5. The Bertz CT molecular complexity index is 441. The fourth-order valence-corrected chi connectivity index (χ4v) is 3.61. The summed E-state index contributed by atoms with van der Waals surface area (Å²) in [4.78, 5) is 11.6. The maximum Gasteiger partial charge on any atom is 0.338 e. The molecule has 1 saturated carbocycles. The molecule has 1 aromatic rings. The fourth-order valence-electron chi connectivity index (χ4n) is 3.61. The van der Waals surface area contributed by atoms with Crippen LogP contribution in [0.4, 0.5) is 0 Å². The molecule has 1 aromatic carbocycles. The molecule has 22 heavy (non-hydrogen) atoms. The largest absolute Gasteiger partial charge is 0.462 e. The molecule has 0 bridgehead atoms. The third-order valence-electron chi connectivity index (χ3n) is 4.97. The predicted octanol–water partition coefficient (Wildman–Crippen LogP) is 5.40. The van der Waals surface area contributed by atoms with E-state index < -0.39 is 0 Å². The molecule has 0 aliphatic heterocycles. The van der Waals surface area contributed by atoms with E-state index in [0.717, 1.165) is 18.3 Å². The van der Waals surface area contributed by atoms with Gasteiger partial charge in [0, 0.05) is 0 Å². The van der Waals surface area contributed by atoms with Crippen molar-refractivity contribution in [1.29, 1.82) is 0 Å². The molecule has 0 spiro atoms. The van der Waals surface area contributed by atoms with Crippen molar-refractivity contribution in [3.63, 3.8) is 0 Å². The summed E-state index contributed by atoms with van der Waals surface area (Å²) in [6.45, 7) is 4.56. The van der Waals surface area contributed by atoms with Gasteiger partial charge in [0.25, 0.3) is 0 Å². The average Bonchev–Trinajstić information content (AvgIpc) is 2.55. The molecule has 0 unspecified atom stereocenters. The Balaban J connectivity index is 1.74. The van der Waals surface area contributed by atoms with Crippen LogP contribution < -0.4 is 0 Å². The van der Waals surface area contributed by atoms with Gasteiger partial charge in [-0.15, -0.1) is 0 Å². The molecule has 2 rings (SSSR count). The first-order chi connectivity index (χ1) is 10.7. The lowest BCUT2D eigenvalue weighted by Gasteiger charge is -2.28. The predicted molar refractivity (Wildman–Crippen MR) is 91.1 cm³/mol. The summed E-state index contributed by atoms with van der Waals surface area (Å²) < 4.78 is 5.01. The smallest absolute Gasteiger partial charge is 0.338 e. The lowest BCUT2D eigenvalue weighted by Crippen LogP contribution is -2.15. The Labute approximate surface area is 135 Å². The molecular formula is C20H30O2. The fraction of sp³-hybridized carbons (Fsp3) is 0.650. The van der Waals surface area contributed by atoms with Crippen molar-refractivity contribution in [1.82, 2.24) is 0 Å². The molecule has 1 aliphatic carbocycles. The maximum absolute atomic E-state index is 11.6. The van der Waals surface area contributed by atoms with Crippen molar-refractivity contribution >= 4 is 5.97 Å². The molecule has 0 N–H and O–H groups in total. The van der Waals surface area contributed by atoms with Gasteiger partial charge in [-0.2, -0.15) is 0 Å². The third-order valence-corrected chi connectivity index (χ3v) is 4.97. The molecule has 0 radical (unpaired) electrons. The van der Waals surface area contributed by atoms with E-state index in [2.05, 4.69) is 19.1 Å². The monoisotopic (exact) mass is 302 g/mol. The number of hydrogen-bond acceptors (Lipinski definition) is 2. The minimum atomic E-state index is -0.219. The van der Waals surface area contributed by atoms with Gasteiger partial charge in [0.05, 0.1) is 12.2 Å². The van der Waals surface area contributed by atoms with Crippen molar-refractivity contribution in [2.24, 2.45) is 11.8 Å². The SMILES string of the molecule is CCC[C@H]1CC[C@H](CCc2ccc(C(=O)OCC)cc2)CC1. The Morgan fingerprint density at radius 3 is 2.14 bits per heavy atom. The zero-order chi connectivity index (χ0) is 15.8. The molecule has 2 nitrogen and oxygen atoms in total. The van der Waals surface area contributed by atoms with Crippen LogP contribution in [0.25, 0.3) is 0 Å². The molecule has 1 aliphatic rings. The van der Waals surface area contributed by atoms with Crippen molar-refractivity contribution in [3.8, 4) is 0 Å². The van der Waals surface area contributed by atoms with Crippen LogP contribution in [0.3, 0.4) is 0 Å². The van der Waals surface area contributed by atoms with Gasteiger partial charge in [0.15, 0.2) is 0 Å². The summed E-state index contributed by atoms with van der Waals surface area (Å²) >= 11 is 0. The summed E-state index contributed by atoms with van der Waals surface area (Å²) in [6.07, 6.45) is 10.9. The van der Waals surface area contributed by atoms with E-state index in [1.807, 2.05) is 19.1 Å². The van der Waals surface area contributed by atoms with Gasteiger partial charge in [-0.3, -0.25) is 0 Å². The number of rotatable bonds is 7. The quantitative estimate of drug-likeness (QED) is 0.630. The lowest BCUT2D eigenvalue weighted by molar-refractivity contribution is 0.0526. The molecule has 0 atom stereocenters. The zero-order valence-electron chi connectivity index (χ0n) is 14.1. The van der Waals surface area contributed by atoms with Gasteiger partial charge in [-0.1, -0.05) is 57.6 Å². The van der Waals surface area contributed by atoms with Crippen molar-refractivity contribution in [3.05, 3.63) is 35.4 Å². The molecule has 0 heterocycles. The zero-order valence-corrected chi connectivity index (χ0v) is 14.1. The van der Waals surface area contributed by atoms with Gasteiger partial charge in [-0.25, -0.2) is 4.79 Å². The van der Waals surface area contributed by atoms with E-state index in [1.54, 1.807) is 0 Å². The number of aryl methyl sites for hydroxylation is 1. The highest BCUT2D eigenvalue weighted by molar-refractivity contribution is 5.89. The molecule has 0 amide bonds. The molecule has 0 saturated heterocycles. The van der Waals surface area contributed by atoms with Gasteiger partial charge in [0.1, 0.15) is 0 Å². The minimum Gasteiger partial charge on any atom is -0.462 e. The van der Waals surface area contributed by atoms with Crippen LogP contribution >= 0.6 is 0 Å². The highest BCUT2D eigenvalue weighted by Crippen LogP contribution is 2.33. The topological polar surface area (TPSA) is 26.3 Å². The molecule has 2 heteroatoms. The number of carbonyl (C=O) groups excluding carboxylic acids is 1. The van der Waals surface area contributed by atoms with Gasteiger partial charge < -0.3 is 4.74 Å². The number of benzene rings is 1. The first-order valence-electron chi connectivity index (χ1n) is 8.99. The summed E-state index contributed by atoms with van der Waals surface area (Å²) in [7, 11) is 0. The second-order valence-corrected chi connectivity index (χ2v) is 6.63. The Kier molecular flexibility index (Phi) is 6.95. The highest BCUT2D eigenvalue weighted by atomic mass is 16.5. The van der Waals surface area contributed by atoms with Crippen molar-refractivity contribution in [2.45, 2.75) is 65.2 Å². The van der Waals surface area contributed by atoms with E-state index in [1.165, 1.54) is 50.5 Å². The third kappa shape index (κ3) is 5.15. The average molecular weight is 302 g/mol. The molecule has 1 fully saturated rings. The summed E-state index contributed by atoms with van der Waals surface area (Å²) in [6, 6.07) is 7.95. The highest BCUT2D eigenvalue weighted by Gasteiger charge is 2.20. The van der Waals surface area contributed by atoms with Crippen LogP contribution in [0.5, 0.6) is 0 Å². The van der Waals surface area contributed by atoms with Crippen molar-refractivity contribution < 1.29 is 9.53 Å². The van der Waals surface area contributed by atoms with Gasteiger partial charge in [-0.05, 0) is 49.3 Å². The first-order valence-corrected chi connectivity index (χ1v) is 8.99. The van der Waals surface area contributed by atoms with Crippen LogP contribution in [0, 0.1) is 11.8 Å². The van der Waals surface area contributed by atoms with E-state index in [4.69, 9.17) is 4.74 Å². The van der Waals surface area contributed by atoms with Crippen LogP contribution in [0.15, 0.2) is 24.3 Å². The Morgan fingerprint density at radius 2 is 1.59 bits per heavy atom. The molecule has 122 valence electrons. The van der Waals surface area contributed by atoms with Crippen LogP contribution in [-0.2, 0) is 11.2 Å². The van der Waals surface area contributed by atoms with Gasteiger partial charge >= 0.3 is 5.97 Å². The van der Waals surface area contributed by atoms with E-state index in [9.17, 15) is 4.79 Å². The summed E-state index contributed by atoms with van der Waals surface area (Å²) in [5.41, 5.74) is 1.99. The maximum atomic E-state index is 11.6. The van der Waals surface area contributed by atoms with Crippen molar-refractivity contribution in [2.75, 3.05) is 6.61 Å². The van der Waals surface area contributed by atoms with E-state index in [0.29, 0.717) is 12.2 Å². The minimum absolute atomic E-state index is 0.219. The Hall–Kier alpha value is -1.31. The standard InChI is InChI=1S/C20H30O2/c1-3-5-16-6-8-17(9-7-16)10-11-18-12-14-19(15-13-18)20(21)22-4-2/h12-17H,3-11H2,1-2H3/t16-,17-. The number of esters is 1. The lowest BCUT2D eigenvalue weighted by atomic mass is 9.78. The summed E-state index contributed by atoms with van der Waals surface area (Å²) in [5.74, 6) is 1.67. The van der Waals surface area contributed by atoms with Crippen LogP contribution in [0.1, 0.15) is 74.7 Å². The van der Waals surface area contributed by atoms with E-state index in [-0.39, 0.29) is 5.97 Å². The van der Waals surface area contributed by atoms with Gasteiger partial charge in [0.2, 0.25) is 0 Å². The van der Waals surface area contributed by atoms with Crippen LogP contribution in [0.2, 0.25) is 0 Å². The second-order valence-electron chi connectivity index (χ2n) is 6.63.